The molecular formula is C10H15NO2. The predicted octanol–water partition coefficient (Wildman–Crippen LogP) is 1.36. The summed E-state index contributed by atoms with van der Waals surface area (Å²) in [5.74, 6) is 0.829. The van der Waals surface area contributed by atoms with Gasteiger partial charge in [-0.25, -0.2) is 0 Å². The monoisotopic (exact) mass is 181 g/mol. The Hall–Kier alpha value is -1.25. The van der Waals surface area contributed by atoms with Crippen molar-refractivity contribution in [2.75, 3.05) is 7.11 Å². The fourth-order valence-electron chi connectivity index (χ4n) is 1.54. The number of carbonyl (C=O) groups is 1. The van der Waals surface area contributed by atoms with Gasteiger partial charge in [-0.3, -0.25) is 4.79 Å². The van der Waals surface area contributed by atoms with E-state index in [0.29, 0.717) is 17.7 Å². The quantitative estimate of drug-likeness (QED) is 0.654. The van der Waals surface area contributed by atoms with Crippen LogP contribution in [-0.4, -0.2) is 13.4 Å². The summed E-state index contributed by atoms with van der Waals surface area (Å²) in [6, 6.07) is 0. The third kappa shape index (κ3) is 1.74. The normalized spacial score (nSPS) is 21.0. The minimum Gasteiger partial charge on any atom is -0.500 e. The van der Waals surface area contributed by atoms with Crippen molar-refractivity contribution in [3.8, 4) is 0 Å². The van der Waals surface area contributed by atoms with Crippen molar-refractivity contribution in [2.24, 2.45) is 11.1 Å². The molecule has 0 radical (unpaired) electrons. The number of nitrogens with two attached hydrogens (primary N) is 1. The van der Waals surface area contributed by atoms with E-state index in [1.54, 1.807) is 13.2 Å². The smallest absolute Gasteiger partial charge is 0.148 e. The van der Waals surface area contributed by atoms with Gasteiger partial charge in [0.1, 0.15) is 12.0 Å². The second-order valence-corrected chi connectivity index (χ2v) is 3.87. The molecule has 0 amide bonds. The largest absolute Gasteiger partial charge is 0.500 e. The van der Waals surface area contributed by atoms with Crippen molar-refractivity contribution >= 4 is 6.29 Å². The summed E-state index contributed by atoms with van der Waals surface area (Å²) in [5.41, 5.74) is 6.72. The molecule has 3 nitrogen and oxygen atoms in total. The maximum Gasteiger partial charge on any atom is 0.148 e. The van der Waals surface area contributed by atoms with Gasteiger partial charge in [0.15, 0.2) is 0 Å². The average Bonchev–Trinajstić information content (AvgIpc) is 2.08. The second kappa shape index (κ2) is 3.24. The molecule has 0 bridgehead atoms. The Labute approximate surface area is 78.3 Å². The first-order valence-electron chi connectivity index (χ1n) is 4.21. The molecule has 0 unspecified atom stereocenters. The summed E-state index contributed by atoms with van der Waals surface area (Å²) in [6.45, 7) is 4.05. The lowest BCUT2D eigenvalue weighted by Crippen LogP contribution is -2.23. The Morgan fingerprint density at radius 3 is 2.69 bits per heavy atom. The van der Waals surface area contributed by atoms with E-state index in [4.69, 9.17) is 10.5 Å². The molecule has 0 aliphatic heterocycles. The summed E-state index contributed by atoms with van der Waals surface area (Å²) < 4.78 is 5.20. The number of methoxy groups -OCH3 is 1. The fraction of sp³-hybridized carbons (Fsp3) is 0.500. The summed E-state index contributed by atoms with van der Waals surface area (Å²) in [7, 11) is 1.62. The molecule has 0 atom stereocenters. The van der Waals surface area contributed by atoms with Crippen molar-refractivity contribution in [2.45, 2.75) is 20.3 Å². The Bertz CT molecular complexity index is 287. The maximum atomic E-state index is 10.6. The summed E-state index contributed by atoms with van der Waals surface area (Å²) in [6.07, 6.45) is 3.19. The van der Waals surface area contributed by atoms with E-state index in [9.17, 15) is 4.79 Å². The number of hydrogen-bond acceptors (Lipinski definition) is 3. The molecule has 0 aromatic rings. The lowest BCUT2D eigenvalue weighted by molar-refractivity contribution is -0.105. The molecule has 0 saturated carbocycles. The zero-order valence-electron chi connectivity index (χ0n) is 8.26. The average molecular weight is 181 g/mol. The third-order valence-electron chi connectivity index (χ3n) is 2.32. The van der Waals surface area contributed by atoms with E-state index < -0.39 is 0 Å². The fourth-order valence-corrected chi connectivity index (χ4v) is 1.54. The number of allylic oxidation sites excluding steroid dienone is 3. The molecule has 1 aliphatic rings. The molecule has 72 valence electrons. The van der Waals surface area contributed by atoms with Crippen LogP contribution in [0.3, 0.4) is 0 Å². The topological polar surface area (TPSA) is 52.3 Å². The molecule has 1 rings (SSSR count). The van der Waals surface area contributed by atoms with Gasteiger partial charge >= 0.3 is 0 Å². The highest BCUT2D eigenvalue weighted by molar-refractivity contribution is 5.76. The predicted molar refractivity (Wildman–Crippen MR) is 50.8 cm³/mol. The lowest BCUT2D eigenvalue weighted by Gasteiger charge is -2.30. The minimum absolute atomic E-state index is 0.131. The van der Waals surface area contributed by atoms with Gasteiger partial charge < -0.3 is 10.5 Å². The molecule has 0 aromatic carbocycles. The van der Waals surface area contributed by atoms with Crippen molar-refractivity contribution in [1.29, 1.82) is 0 Å². The molecule has 13 heavy (non-hydrogen) atoms. The Kier molecular flexibility index (Phi) is 2.45. The van der Waals surface area contributed by atoms with Gasteiger partial charge in [0.05, 0.1) is 7.11 Å². The summed E-state index contributed by atoms with van der Waals surface area (Å²) >= 11 is 0. The lowest BCUT2D eigenvalue weighted by atomic mass is 9.79. The van der Waals surface area contributed by atoms with Gasteiger partial charge in [0.25, 0.3) is 0 Å². The molecule has 0 spiro atoms. The highest BCUT2D eigenvalue weighted by Gasteiger charge is 2.30. The first-order chi connectivity index (χ1) is 6.01. The van der Waals surface area contributed by atoms with Crippen LogP contribution in [-0.2, 0) is 9.53 Å². The maximum absolute atomic E-state index is 10.6. The van der Waals surface area contributed by atoms with Crippen LogP contribution in [0.2, 0.25) is 0 Å². The van der Waals surface area contributed by atoms with Crippen LogP contribution in [0.25, 0.3) is 0 Å². The van der Waals surface area contributed by atoms with E-state index in [0.717, 1.165) is 12.0 Å². The standard InChI is InChI=1S/C10H15NO2/c1-10(2)5-7(6-12)8(11)4-9(10)13-3/h4,6H,5,11H2,1-3H3. The molecule has 1 aliphatic carbocycles. The molecule has 2 N–H and O–H groups in total. The zero-order chi connectivity index (χ0) is 10.1. The van der Waals surface area contributed by atoms with Crippen molar-refractivity contribution in [1.82, 2.24) is 0 Å². The SMILES string of the molecule is COC1=CC(N)=C(C=O)CC1(C)C. The Morgan fingerprint density at radius 1 is 1.62 bits per heavy atom. The van der Waals surface area contributed by atoms with Crippen LogP contribution in [0.15, 0.2) is 23.1 Å². The molecule has 3 heteroatoms. The van der Waals surface area contributed by atoms with Crippen molar-refractivity contribution < 1.29 is 9.53 Å². The Morgan fingerprint density at radius 2 is 2.23 bits per heavy atom. The number of ether oxygens (including phenoxy) is 1. The number of aldehydes is 1. The molecule has 0 saturated heterocycles. The van der Waals surface area contributed by atoms with Crippen LogP contribution < -0.4 is 5.73 Å². The first kappa shape index (κ1) is 9.84. The zero-order valence-corrected chi connectivity index (χ0v) is 8.26. The first-order valence-corrected chi connectivity index (χ1v) is 4.21. The van der Waals surface area contributed by atoms with E-state index >= 15 is 0 Å². The summed E-state index contributed by atoms with van der Waals surface area (Å²) in [4.78, 5) is 10.6. The van der Waals surface area contributed by atoms with Crippen LogP contribution in [0.5, 0.6) is 0 Å². The molecule has 0 aromatic heterocycles. The van der Waals surface area contributed by atoms with Gasteiger partial charge in [0, 0.05) is 16.7 Å². The van der Waals surface area contributed by atoms with Crippen LogP contribution in [0.4, 0.5) is 0 Å². The third-order valence-corrected chi connectivity index (χ3v) is 2.32. The molecular weight excluding hydrogens is 166 g/mol. The van der Waals surface area contributed by atoms with Gasteiger partial charge in [-0.1, -0.05) is 13.8 Å². The highest BCUT2D eigenvalue weighted by Crippen LogP contribution is 2.37. The minimum atomic E-state index is -0.131. The van der Waals surface area contributed by atoms with E-state index in [-0.39, 0.29) is 5.41 Å². The van der Waals surface area contributed by atoms with Crippen molar-refractivity contribution in [3.05, 3.63) is 23.1 Å². The van der Waals surface area contributed by atoms with Gasteiger partial charge in [0.2, 0.25) is 0 Å². The van der Waals surface area contributed by atoms with E-state index in [2.05, 4.69) is 0 Å². The Balaban J connectivity index is 3.09. The van der Waals surface area contributed by atoms with Crippen LogP contribution in [0, 0.1) is 5.41 Å². The molecule has 0 fully saturated rings. The highest BCUT2D eigenvalue weighted by atomic mass is 16.5. The number of hydrogen-bond donors (Lipinski definition) is 1. The number of carbonyl (C=O) groups excluding carboxylic acids is 1. The van der Waals surface area contributed by atoms with Gasteiger partial charge in [-0.05, 0) is 12.5 Å². The summed E-state index contributed by atoms with van der Waals surface area (Å²) in [5, 5.41) is 0. The molecule has 0 heterocycles. The van der Waals surface area contributed by atoms with Gasteiger partial charge in [-0.15, -0.1) is 0 Å². The van der Waals surface area contributed by atoms with Gasteiger partial charge in [-0.2, -0.15) is 0 Å². The van der Waals surface area contributed by atoms with E-state index in [1.807, 2.05) is 13.8 Å². The van der Waals surface area contributed by atoms with Crippen LogP contribution in [0.1, 0.15) is 20.3 Å². The van der Waals surface area contributed by atoms with E-state index in [1.165, 1.54) is 0 Å². The second-order valence-electron chi connectivity index (χ2n) is 3.87. The number of rotatable bonds is 2. The van der Waals surface area contributed by atoms with Crippen molar-refractivity contribution in [3.63, 3.8) is 0 Å². The van der Waals surface area contributed by atoms with Crippen LogP contribution >= 0.6 is 0 Å².